The van der Waals surface area contributed by atoms with Gasteiger partial charge in [-0.3, -0.25) is 14.9 Å². The molecule has 1 unspecified atom stereocenters. The third-order valence-electron chi connectivity index (χ3n) is 6.19. The van der Waals surface area contributed by atoms with Gasteiger partial charge in [0, 0.05) is 43.7 Å². The number of ether oxygens (including phenoxy) is 1. The zero-order valence-corrected chi connectivity index (χ0v) is 16.7. The van der Waals surface area contributed by atoms with E-state index in [9.17, 15) is 0 Å². The van der Waals surface area contributed by atoms with E-state index in [1.54, 1.807) is 0 Å². The van der Waals surface area contributed by atoms with Crippen LogP contribution in [0.3, 0.4) is 0 Å². The summed E-state index contributed by atoms with van der Waals surface area (Å²) in [6.07, 6.45) is 11.2. The largest absolute Gasteiger partial charge is 0.458 e. The molecule has 0 amide bonds. The summed E-state index contributed by atoms with van der Waals surface area (Å²) in [5.41, 5.74) is 4.93. The van der Waals surface area contributed by atoms with Gasteiger partial charge in [-0.1, -0.05) is 24.3 Å². The molecule has 146 valence electrons. The molecule has 0 N–H and O–H groups in total. The lowest BCUT2D eigenvalue weighted by Crippen LogP contribution is -2.49. The average Bonchev–Trinajstić information content (AvgIpc) is 3.14. The Labute approximate surface area is 171 Å². The molecular formula is C25H25N3O. The summed E-state index contributed by atoms with van der Waals surface area (Å²) in [5, 5.41) is 0. The zero-order valence-electron chi connectivity index (χ0n) is 16.7. The SMILES string of the molecule is CC1=C2CCN(CCc3ccccn3)C23CC=C(Oc2ccccc2)C=C3N=C1. The Kier molecular flexibility index (Phi) is 4.64. The van der Waals surface area contributed by atoms with Gasteiger partial charge >= 0.3 is 0 Å². The van der Waals surface area contributed by atoms with Crippen LogP contribution in [0.1, 0.15) is 25.5 Å². The minimum atomic E-state index is -0.128. The summed E-state index contributed by atoms with van der Waals surface area (Å²) >= 11 is 0. The van der Waals surface area contributed by atoms with E-state index in [0.717, 1.165) is 55.3 Å². The van der Waals surface area contributed by atoms with Crippen LogP contribution in [-0.2, 0) is 6.42 Å². The van der Waals surface area contributed by atoms with E-state index < -0.39 is 0 Å². The fourth-order valence-corrected chi connectivity index (χ4v) is 4.78. The van der Waals surface area contributed by atoms with Gasteiger partial charge in [0.25, 0.3) is 0 Å². The zero-order chi connectivity index (χ0) is 19.7. The number of aromatic nitrogens is 1. The van der Waals surface area contributed by atoms with Crippen LogP contribution in [-0.4, -0.2) is 34.7 Å². The number of pyridine rings is 1. The number of hydrogen-bond donors (Lipinski definition) is 0. The lowest BCUT2D eigenvalue weighted by molar-refractivity contribution is 0.192. The van der Waals surface area contributed by atoms with Crippen molar-refractivity contribution in [3.8, 4) is 5.75 Å². The van der Waals surface area contributed by atoms with E-state index in [-0.39, 0.29) is 5.54 Å². The smallest absolute Gasteiger partial charge is 0.127 e. The molecule has 3 heterocycles. The van der Waals surface area contributed by atoms with Crippen LogP contribution < -0.4 is 4.74 Å². The lowest BCUT2D eigenvalue weighted by atomic mass is 9.77. The highest BCUT2D eigenvalue weighted by Gasteiger charge is 2.50. The first-order valence-corrected chi connectivity index (χ1v) is 10.3. The van der Waals surface area contributed by atoms with Crippen molar-refractivity contribution in [1.82, 2.24) is 9.88 Å². The number of para-hydroxylation sites is 1. The van der Waals surface area contributed by atoms with Crippen molar-refractivity contribution in [1.29, 1.82) is 0 Å². The summed E-state index contributed by atoms with van der Waals surface area (Å²) in [5.74, 6) is 1.74. The predicted molar refractivity (Wildman–Crippen MR) is 116 cm³/mol. The Morgan fingerprint density at radius 2 is 1.97 bits per heavy atom. The van der Waals surface area contributed by atoms with Crippen LogP contribution in [0.15, 0.2) is 94.5 Å². The van der Waals surface area contributed by atoms with Gasteiger partial charge in [-0.05, 0) is 61.3 Å². The summed E-state index contributed by atoms with van der Waals surface area (Å²) in [6.45, 7) is 4.23. The standard InChI is InChI=1S/C25H25N3O/c1-19-18-27-24-17-22(29-21-8-3-2-4-9-21)10-13-25(24)23(19)12-16-28(25)15-11-20-7-5-6-14-26-20/h2-10,14,17-18H,11-13,15-16H2,1H3. The van der Waals surface area contributed by atoms with Crippen LogP contribution in [0.25, 0.3) is 0 Å². The molecule has 2 aromatic rings. The minimum absolute atomic E-state index is 0.128. The first-order valence-electron chi connectivity index (χ1n) is 10.3. The van der Waals surface area contributed by atoms with E-state index in [1.165, 1.54) is 11.1 Å². The molecule has 1 spiro atoms. The van der Waals surface area contributed by atoms with E-state index >= 15 is 0 Å². The van der Waals surface area contributed by atoms with Crippen molar-refractivity contribution in [3.63, 3.8) is 0 Å². The van der Waals surface area contributed by atoms with Crippen molar-refractivity contribution < 1.29 is 4.74 Å². The molecule has 2 aliphatic heterocycles. The van der Waals surface area contributed by atoms with Crippen molar-refractivity contribution in [2.75, 3.05) is 13.1 Å². The number of benzene rings is 1. The van der Waals surface area contributed by atoms with Crippen LogP contribution in [0, 0.1) is 0 Å². The lowest BCUT2D eigenvalue weighted by Gasteiger charge is -2.43. The molecule has 3 aliphatic rings. The van der Waals surface area contributed by atoms with Gasteiger partial charge in [-0.25, -0.2) is 0 Å². The van der Waals surface area contributed by atoms with Gasteiger partial charge < -0.3 is 4.74 Å². The van der Waals surface area contributed by atoms with Gasteiger partial charge in [-0.2, -0.15) is 0 Å². The number of rotatable bonds is 5. The quantitative estimate of drug-likeness (QED) is 0.750. The Balaban J connectivity index is 1.42. The van der Waals surface area contributed by atoms with Gasteiger partial charge in [0.05, 0.1) is 11.2 Å². The van der Waals surface area contributed by atoms with Crippen molar-refractivity contribution in [2.24, 2.45) is 4.99 Å². The van der Waals surface area contributed by atoms with E-state index in [1.807, 2.05) is 48.8 Å². The van der Waals surface area contributed by atoms with E-state index in [0.29, 0.717) is 0 Å². The number of aliphatic imine (C=N–C) groups is 1. The molecular weight excluding hydrogens is 358 g/mol. The number of allylic oxidation sites excluding steroid dienone is 2. The maximum absolute atomic E-state index is 6.11. The monoisotopic (exact) mass is 383 g/mol. The maximum Gasteiger partial charge on any atom is 0.127 e. The van der Waals surface area contributed by atoms with Crippen LogP contribution in [0.5, 0.6) is 5.75 Å². The van der Waals surface area contributed by atoms with Crippen molar-refractivity contribution >= 4 is 6.21 Å². The van der Waals surface area contributed by atoms with E-state index in [4.69, 9.17) is 9.73 Å². The predicted octanol–water partition coefficient (Wildman–Crippen LogP) is 4.72. The third kappa shape index (κ3) is 3.23. The van der Waals surface area contributed by atoms with E-state index in [2.05, 4.69) is 41.1 Å². The summed E-state index contributed by atoms with van der Waals surface area (Å²) in [6, 6.07) is 16.1. The highest BCUT2D eigenvalue weighted by Crippen LogP contribution is 2.49. The number of nitrogens with zero attached hydrogens (tertiary/aromatic N) is 3. The first-order chi connectivity index (χ1) is 14.3. The van der Waals surface area contributed by atoms with Crippen LogP contribution >= 0.6 is 0 Å². The van der Waals surface area contributed by atoms with Gasteiger partial charge in [-0.15, -0.1) is 0 Å². The Morgan fingerprint density at radius 3 is 2.79 bits per heavy atom. The molecule has 1 aliphatic carbocycles. The Morgan fingerprint density at radius 1 is 1.10 bits per heavy atom. The molecule has 1 aromatic carbocycles. The molecule has 29 heavy (non-hydrogen) atoms. The summed E-state index contributed by atoms with van der Waals surface area (Å²) < 4.78 is 6.11. The molecule has 4 heteroatoms. The van der Waals surface area contributed by atoms with Gasteiger partial charge in [0.15, 0.2) is 0 Å². The van der Waals surface area contributed by atoms with Crippen molar-refractivity contribution in [3.05, 3.63) is 95.2 Å². The second-order valence-corrected chi connectivity index (χ2v) is 7.84. The molecule has 0 radical (unpaired) electrons. The first kappa shape index (κ1) is 18.1. The fourth-order valence-electron chi connectivity index (χ4n) is 4.78. The second-order valence-electron chi connectivity index (χ2n) is 7.84. The highest BCUT2D eigenvalue weighted by molar-refractivity contribution is 5.84. The molecule has 0 saturated carbocycles. The third-order valence-corrected chi connectivity index (χ3v) is 6.19. The van der Waals surface area contributed by atoms with Gasteiger partial charge in [0.1, 0.15) is 11.5 Å². The second kappa shape index (κ2) is 7.45. The minimum Gasteiger partial charge on any atom is -0.458 e. The van der Waals surface area contributed by atoms with Crippen LogP contribution in [0.2, 0.25) is 0 Å². The molecule has 1 aromatic heterocycles. The van der Waals surface area contributed by atoms with Gasteiger partial charge in [0.2, 0.25) is 0 Å². The Bertz CT molecular complexity index is 1020. The van der Waals surface area contributed by atoms with Crippen molar-refractivity contribution in [2.45, 2.75) is 31.7 Å². The highest BCUT2D eigenvalue weighted by atomic mass is 16.5. The molecule has 0 bridgehead atoms. The average molecular weight is 383 g/mol. The fraction of sp³-hybridized carbons (Fsp3) is 0.280. The maximum atomic E-state index is 6.11. The number of dihydropyridines is 1. The molecule has 5 rings (SSSR count). The summed E-state index contributed by atoms with van der Waals surface area (Å²) in [4.78, 5) is 12.0. The molecule has 1 fully saturated rings. The topological polar surface area (TPSA) is 37.7 Å². The molecule has 4 nitrogen and oxygen atoms in total. The summed E-state index contributed by atoms with van der Waals surface area (Å²) in [7, 11) is 0. The number of likely N-dealkylation sites (tertiary alicyclic amines) is 1. The molecule has 1 saturated heterocycles. The normalized spacial score (nSPS) is 23.3. The Hall–Kier alpha value is -2.98. The molecule has 1 atom stereocenters. The van der Waals surface area contributed by atoms with Crippen LogP contribution in [0.4, 0.5) is 0 Å². The number of hydrogen-bond acceptors (Lipinski definition) is 4.